The number of nitrogens with two attached hydrogens (primary N) is 1. The maximum Gasteiger partial charge on any atom is 0.184 e. The molecule has 2 fully saturated rings. The maximum absolute atomic E-state index is 6.90. The highest BCUT2D eigenvalue weighted by molar-refractivity contribution is 7.80. The molecule has 3 nitrogen and oxygen atoms in total. The van der Waals surface area contributed by atoms with Gasteiger partial charge in [-0.3, -0.25) is 5.43 Å². The summed E-state index contributed by atoms with van der Waals surface area (Å²) in [6.07, 6.45) is 6.51. The van der Waals surface area contributed by atoms with Gasteiger partial charge in [-0.05, 0) is 48.9 Å². The van der Waals surface area contributed by atoms with E-state index in [9.17, 15) is 0 Å². The number of thiocarbonyl (C=S) groups is 1. The van der Waals surface area contributed by atoms with Crippen LogP contribution in [-0.2, 0) is 0 Å². The second kappa shape index (κ2) is 5.09. The predicted molar refractivity (Wildman–Crippen MR) is 102 cm³/mol. The lowest BCUT2D eigenvalue weighted by Gasteiger charge is -2.42. The van der Waals surface area contributed by atoms with Gasteiger partial charge < -0.3 is 5.73 Å². The third kappa shape index (κ3) is 2.14. The summed E-state index contributed by atoms with van der Waals surface area (Å²) >= 11 is 18.7. The summed E-state index contributed by atoms with van der Waals surface area (Å²) in [5, 5.41) is 4.59. The summed E-state index contributed by atoms with van der Waals surface area (Å²) in [5.41, 5.74) is 10.3. The van der Waals surface area contributed by atoms with Crippen molar-refractivity contribution >= 4 is 46.2 Å². The van der Waals surface area contributed by atoms with Crippen LogP contribution in [0.2, 0.25) is 0 Å². The smallest absolute Gasteiger partial charge is 0.184 e. The van der Waals surface area contributed by atoms with Crippen LogP contribution in [0.3, 0.4) is 0 Å². The van der Waals surface area contributed by atoms with E-state index in [1.54, 1.807) is 0 Å². The van der Waals surface area contributed by atoms with Gasteiger partial charge in [-0.25, -0.2) is 0 Å². The molecule has 0 saturated heterocycles. The van der Waals surface area contributed by atoms with E-state index in [0.29, 0.717) is 5.92 Å². The number of allylic oxidation sites excluding steroid dienone is 2. The Bertz CT molecular complexity index is 625. The number of nitrogens with one attached hydrogen (secondary N) is 1. The van der Waals surface area contributed by atoms with E-state index in [4.69, 9.17) is 41.2 Å². The highest BCUT2D eigenvalue weighted by Gasteiger charge is 2.87. The molecule has 2 saturated carbocycles. The largest absolute Gasteiger partial charge is 0.375 e. The van der Waals surface area contributed by atoms with E-state index in [2.05, 4.69) is 44.3 Å². The Kier molecular flexibility index (Phi) is 3.87. The zero-order valence-corrected chi connectivity index (χ0v) is 16.5. The number of hydrogen-bond donors (Lipinski definition) is 2. The predicted octanol–water partition coefficient (Wildman–Crippen LogP) is 4.53. The molecule has 0 aromatic heterocycles. The number of hydrazone groups is 1. The van der Waals surface area contributed by atoms with Gasteiger partial charge in [0.05, 0.1) is 5.71 Å². The lowest BCUT2D eigenvalue weighted by atomic mass is 9.62. The van der Waals surface area contributed by atoms with E-state index in [1.165, 1.54) is 6.42 Å². The molecule has 3 aliphatic rings. The van der Waals surface area contributed by atoms with Crippen LogP contribution in [0.1, 0.15) is 53.4 Å². The zero-order chi connectivity index (χ0) is 17.3. The fourth-order valence-electron chi connectivity index (χ4n) is 5.21. The molecule has 0 aromatic rings. The molecular formula is C17H25Cl2N3S. The SMILES string of the molecule is CC1=C[C@@H]2C(C)(C)CCC[C@@]3(C)C(Cl)(Cl)[C@@]23C/C1=N\NC(N)=S. The van der Waals surface area contributed by atoms with Crippen LogP contribution < -0.4 is 11.2 Å². The Hall–Kier alpha value is -0.320. The van der Waals surface area contributed by atoms with Gasteiger partial charge in [0.2, 0.25) is 0 Å². The normalized spacial score (nSPS) is 42.1. The lowest BCUT2D eigenvalue weighted by molar-refractivity contribution is 0.146. The average molecular weight is 374 g/mol. The molecule has 3 rings (SSSR count). The first kappa shape index (κ1) is 17.5. The Morgan fingerprint density at radius 3 is 2.61 bits per heavy atom. The van der Waals surface area contributed by atoms with Crippen LogP contribution in [0.5, 0.6) is 0 Å². The van der Waals surface area contributed by atoms with E-state index < -0.39 is 4.33 Å². The van der Waals surface area contributed by atoms with Gasteiger partial charge in [-0.2, -0.15) is 5.10 Å². The van der Waals surface area contributed by atoms with Crippen molar-refractivity contribution in [3.63, 3.8) is 0 Å². The minimum Gasteiger partial charge on any atom is -0.375 e. The number of alkyl halides is 2. The van der Waals surface area contributed by atoms with Crippen LogP contribution in [0, 0.1) is 22.2 Å². The van der Waals surface area contributed by atoms with Gasteiger partial charge in [0.1, 0.15) is 4.33 Å². The molecule has 128 valence electrons. The molecule has 3 aliphatic carbocycles. The highest BCUT2D eigenvalue weighted by Crippen LogP contribution is 2.87. The Morgan fingerprint density at radius 2 is 2.00 bits per heavy atom. The number of nitrogens with zero attached hydrogens (tertiary/aromatic N) is 1. The summed E-state index contributed by atoms with van der Waals surface area (Å²) in [4.78, 5) is 0. The molecule has 0 amide bonds. The first-order chi connectivity index (χ1) is 10.5. The molecule has 3 atom stereocenters. The van der Waals surface area contributed by atoms with Crippen molar-refractivity contribution in [2.75, 3.05) is 0 Å². The minimum atomic E-state index is -0.719. The number of hydrogen-bond acceptors (Lipinski definition) is 2. The minimum absolute atomic E-state index is 0.0806. The molecule has 6 heteroatoms. The standard InChI is InChI=1S/C17H25Cl2N3S/c1-10-8-12-14(2,3)6-5-7-15(4)16(12,17(15,18)19)9-11(10)21-22-13(20)23/h8,12H,5-7,9H2,1-4H3,(H3,20,22,23)/b21-11+/t12-,15-,16+/m1/s1. The van der Waals surface area contributed by atoms with E-state index in [1.807, 2.05) is 0 Å². The van der Waals surface area contributed by atoms with Gasteiger partial charge in [0, 0.05) is 17.3 Å². The molecule has 3 N–H and O–H groups in total. The van der Waals surface area contributed by atoms with Crippen molar-refractivity contribution in [2.45, 2.75) is 57.7 Å². The monoisotopic (exact) mass is 373 g/mol. The summed E-state index contributed by atoms with van der Waals surface area (Å²) in [6.45, 7) is 9.02. The summed E-state index contributed by atoms with van der Waals surface area (Å²) in [6, 6.07) is 0. The Balaban J connectivity index is 2.11. The van der Waals surface area contributed by atoms with Crippen molar-refractivity contribution in [1.29, 1.82) is 0 Å². The van der Waals surface area contributed by atoms with Gasteiger partial charge in [0.15, 0.2) is 5.11 Å². The van der Waals surface area contributed by atoms with Crippen molar-refractivity contribution in [3.8, 4) is 0 Å². The van der Waals surface area contributed by atoms with Crippen LogP contribution in [0.4, 0.5) is 0 Å². The van der Waals surface area contributed by atoms with E-state index >= 15 is 0 Å². The molecule has 1 spiro atoms. The number of rotatable bonds is 1. The first-order valence-corrected chi connectivity index (χ1v) is 9.35. The van der Waals surface area contributed by atoms with Crippen LogP contribution >= 0.6 is 35.4 Å². The fraction of sp³-hybridized carbons (Fsp3) is 0.765. The molecular weight excluding hydrogens is 349 g/mol. The average Bonchev–Trinajstić information content (AvgIpc) is 2.82. The second-order valence-electron chi connectivity index (χ2n) is 8.26. The Labute approximate surface area is 154 Å². The summed E-state index contributed by atoms with van der Waals surface area (Å²) in [5.74, 6) is 0.348. The molecule has 0 bridgehead atoms. The summed E-state index contributed by atoms with van der Waals surface area (Å²) in [7, 11) is 0. The van der Waals surface area contributed by atoms with Crippen molar-refractivity contribution < 1.29 is 0 Å². The lowest BCUT2D eigenvalue weighted by Crippen LogP contribution is -2.39. The third-order valence-electron chi connectivity index (χ3n) is 6.67. The number of halogens is 2. The van der Waals surface area contributed by atoms with Crippen molar-refractivity contribution in [2.24, 2.45) is 33.0 Å². The van der Waals surface area contributed by atoms with Gasteiger partial charge in [-0.15, -0.1) is 23.2 Å². The fourth-order valence-corrected chi connectivity index (χ4v) is 6.48. The maximum atomic E-state index is 6.90. The topological polar surface area (TPSA) is 50.4 Å². The molecule has 0 heterocycles. The molecule has 0 aliphatic heterocycles. The van der Waals surface area contributed by atoms with Gasteiger partial charge >= 0.3 is 0 Å². The molecule has 23 heavy (non-hydrogen) atoms. The van der Waals surface area contributed by atoms with Crippen molar-refractivity contribution in [3.05, 3.63) is 11.6 Å². The van der Waals surface area contributed by atoms with Crippen LogP contribution in [0.15, 0.2) is 16.8 Å². The van der Waals surface area contributed by atoms with E-state index in [0.717, 1.165) is 30.5 Å². The van der Waals surface area contributed by atoms with Crippen LogP contribution in [0.25, 0.3) is 0 Å². The Morgan fingerprint density at radius 1 is 1.35 bits per heavy atom. The quantitative estimate of drug-likeness (QED) is 0.403. The van der Waals surface area contributed by atoms with Crippen LogP contribution in [-0.4, -0.2) is 15.2 Å². The molecule has 0 radical (unpaired) electrons. The first-order valence-electron chi connectivity index (χ1n) is 8.18. The summed E-state index contributed by atoms with van der Waals surface area (Å²) < 4.78 is -0.719. The highest BCUT2D eigenvalue weighted by atomic mass is 35.5. The van der Waals surface area contributed by atoms with Gasteiger partial charge in [0.25, 0.3) is 0 Å². The zero-order valence-electron chi connectivity index (χ0n) is 14.2. The molecule has 0 aromatic carbocycles. The van der Waals surface area contributed by atoms with Gasteiger partial charge in [-0.1, -0.05) is 33.3 Å². The van der Waals surface area contributed by atoms with Crippen molar-refractivity contribution in [1.82, 2.24) is 5.43 Å². The van der Waals surface area contributed by atoms with E-state index in [-0.39, 0.29) is 21.4 Å². The second-order valence-corrected chi connectivity index (χ2v) is 10.0. The molecule has 0 unspecified atom stereocenters. The third-order valence-corrected chi connectivity index (χ3v) is 8.27.